The van der Waals surface area contributed by atoms with E-state index in [2.05, 4.69) is 20.3 Å². The van der Waals surface area contributed by atoms with Crippen molar-refractivity contribution in [2.75, 3.05) is 11.9 Å². The Morgan fingerprint density at radius 2 is 2.06 bits per heavy atom. The molecule has 0 spiro atoms. The zero-order valence-electron chi connectivity index (χ0n) is 10.1. The Bertz CT molecular complexity index is 462. The second-order valence-corrected chi connectivity index (χ2v) is 3.94. The number of anilines is 1. The maximum atomic E-state index is 4.32. The highest BCUT2D eigenvalue weighted by atomic mass is 15.0. The minimum Gasteiger partial charge on any atom is -0.370 e. The van der Waals surface area contributed by atoms with Crippen LogP contribution in [0, 0.1) is 13.8 Å². The maximum Gasteiger partial charge on any atom is 0.129 e. The number of pyridine rings is 1. The summed E-state index contributed by atoms with van der Waals surface area (Å²) in [4.78, 5) is 12.8. The van der Waals surface area contributed by atoms with E-state index in [9.17, 15) is 0 Å². The molecule has 0 aromatic carbocycles. The molecule has 2 aromatic heterocycles. The van der Waals surface area contributed by atoms with Crippen molar-refractivity contribution in [3.63, 3.8) is 0 Å². The van der Waals surface area contributed by atoms with Gasteiger partial charge in [0.05, 0.1) is 0 Å². The van der Waals surface area contributed by atoms with Crippen LogP contribution in [0.5, 0.6) is 0 Å². The first-order valence-corrected chi connectivity index (χ1v) is 5.70. The topological polar surface area (TPSA) is 50.7 Å². The van der Waals surface area contributed by atoms with Crippen LogP contribution in [-0.2, 0) is 6.42 Å². The lowest BCUT2D eigenvalue weighted by atomic mass is 10.3. The Morgan fingerprint density at radius 1 is 1.18 bits per heavy atom. The summed E-state index contributed by atoms with van der Waals surface area (Å²) in [5, 5.41) is 3.28. The predicted octanol–water partition coefficient (Wildman–Crippen LogP) is 2.14. The number of hydrogen-bond donors (Lipinski definition) is 1. The molecule has 0 unspecified atom stereocenters. The number of hydrogen-bond acceptors (Lipinski definition) is 4. The summed E-state index contributed by atoms with van der Waals surface area (Å²) in [5.41, 5.74) is 2.07. The molecule has 0 radical (unpaired) electrons. The molecule has 17 heavy (non-hydrogen) atoms. The van der Waals surface area contributed by atoms with Crippen molar-refractivity contribution in [2.24, 2.45) is 0 Å². The molecule has 2 heterocycles. The average molecular weight is 228 g/mol. The maximum absolute atomic E-state index is 4.32. The van der Waals surface area contributed by atoms with Crippen molar-refractivity contribution in [3.05, 3.63) is 47.7 Å². The van der Waals surface area contributed by atoms with Crippen molar-refractivity contribution in [1.82, 2.24) is 15.0 Å². The zero-order valence-corrected chi connectivity index (χ0v) is 10.1. The third-order valence-electron chi connectivity index (χ3n) is 2.38. The van der Waals surface area contributed by atoms with Gasteiger partial charge in [0, 0.05) is 36.6 Å². The summed E-state index contributed by atoms with van der Waals surface area (Å²) >= 11 is 0. The lowest BCUT2D eigenvalue weighted by molar-refractivity contribution is 0.937. The molecule has 0 aliphatic carbocycles. The first kappa shape index (κ1) is 11.5. The molecule has 0 atom stereocenters. The lowest BCUT2D eigenvalue weighted by Gasteiger charge is -2.06. The molecule has 0 saturated carbocycles. The molecule has 0 aliphatic heterocycles. The quantitative estimate of drug-likeness (QED) is 0.871. The fourth-order valence-corrected chi connectivity index (χ4v) is 1.67. The van der Waals surface area contributed by atoms with Gasteiger partial charge in [0.15, 0.2) is 0 Å². The Kier molecular flexibility index (Phi) is 3.65. The van der Waals surface area contributed by atoms with Crippen LogP contribution in [0.25, 0.3) is 0 Å². The van der Waals surface area contributed by atoms with Gasteiger partial charge in [-0.1, -0.05) is 6.07 Å². The minimum absolute atomic E-state index is 0.797. The number of rotatable bonds is 4. The van der Waals surface area contributed by atoms with E-state index in [1.807, 2.05) is 44.3 Å². The molecule has 2 aromatic rings. The van der Waals surface area contributed by atoms with Crippen LogP contribution in [0.1, 0.15) is 17.2 Å². The van der Waals surface area contributed by atoms with E-state index in [1.165, 1.54) is 0 Å². The first-order chi connectivity index (χ1) is 8.24. The summed E-state index contributed by atoms with van der Waals surface area (Å²) in [6.07, 6.45) is 2.71. The van der Waals surface area contributed by atoms with Crippen LogP contribution < -0.4 is 5.32 Å². The second-order valence-electron chi connectivity index (χ2n) is 3.94. The molecule has 0 fully saturated rings. The van der Waals surface area contributed by atoms with Crippen LogP contribution in [-0.4, -0.2) is 21.5 Å². The van der Waals surface area contributed by atoms with Gasteiger partial charge in [-0.2, -0.15) is 0 Å². The van der Waals surface area contributed by atoms with E-state index in [0.717, 1.165) is 36.0 Å². The van der Waals surface area contributed by atoms with Crippen molar-refractivity contribution in [1.29, 1.82) is 0 Å². The second kappa shape index (κ2) is 5.39. The molecule has 4 heteroatoms. The van der Waals surface area contributed by atoms with E-state index in [-0.39, 0.29) is 0 Å². The Hall–Kier alpha value is -1.97. The lowest BCUT2D eigenvalue weighted by Crippen LogP contribution is -2.08. The molecule has 0 aliphatic rings. The fourth-order valence-electron chi connectivity index (χ4n) is 1.67. The van der Waals surface area contributed by atoms with Gasteiger partial charge in [-0.25, -0.2) is 9.97 Å². The summed E-state index contributed by atoms with van der Waals surface area (Å²) in [6, 6.07) is 7.90. The number of nitrogens with zero attached hydrogens (tertiary/aromatic N) is 3. The monoisotopic (exact) mass is 228 g/mol. The number of nitrogens with one attached hydrogen (secondary N) is 1. The molecular formula is C13H16N4. The van der Waals surface area contributed by atoms with Crippen molar-refractivity contribution in [3.8, 4) is 0 Å². The molecule has 2 rings (SSSR count). The van der Waals surface area contributed by atoms with Gasteiger partial charge in [-0.05, 0) is 26.0 Å². The Labute approximate surface area is 101 Å². The molecule has 0 saturated heterocycles. The summed E-state index contributed by atoms with van der Waals surface area (Å²) in [7, 11) is 0. The van der Waals surface area contributed by atoms with Crippen LogP contribution in [0.3, 0.4) is 0 Å². The van der Waals surface area contributed by atoms with Gasteiger partial charge < -0.3 is 5.32 Å². The third kappa shape index (κ3) is 3.52. The first-order valence-electron chi connectivity index (χ1n) is 5.70. The van der Waals surface area contributed by atoms with Crippen LogP contribution in [0.15, 0.2) is 30.5 Å². The molecule has 88 valence electrons. The predicted molar refractivity (Wildman–Crippen MR) is 67.9 cm³/mol. The Morgan fingerprint density at radius 3 is 2.76 bits per heavy atom. The molecule has 0 bridgehead atoms. The van der Waals surface area contributed by atoms with E-state index in [1.54, 1.807) is 0 Å². The van der Waals surface area contributed by atoms with Crippen LogP contribution in [0.2, 0.25) is 0 Å². The Balaban J connectivity index is 1.90. The summed E-state index contributed by atoms with van der Waals surface area (Å²) < 4.78 is 0. The minimum atomic E-state index is 0.797. The zero-order chi connectivity index (χ0) is 12.1. The van der Waals surface area contributed by atoms with E-state index >= 15 is 0 Å². The van der Waals surface area contributed by atoms with Gasteiger partial charge in [0.25, 0.3) is 0 Å². The summed E-state index contributed by atoms with van der Waals surface area (Å²) in [6.45, 7) is 4.70. The van der Waals surface area contributed by atoms with E-state index in [0.29, 0.717) is 0 Å². The van der Waals surface area contributed by atoms with Crippen molar-refractivity contribution >= 4 is 5.82 Å². The van der Waals surface area contributed by atoms with Gasteiger partial charge in [0.2, 0.25) is 0 Å². The standard InChI is InChI=1S/C13H16N4/c1-10-9-13(17-11(2)16-10)15-8-6-12-5-3-4-7-14-12/h3-5,7,9H,6,8H2,1-2H3,(H,15,16,17). The average Bonchev–Trinajstić information content (AvgIpc) is 2.29. The highest BCUT2D eigenvalue weighted by molar-refractivity contribution is 5.35. The van der Waals surface area contributed by atoms with Gasteiger partial charge in [-0.15, -0.1) is 0 Å². The SMILES string of the molecule is Cc1cc(NCCc2ccccn2)nc(C)n1. The molecule has 0 amide bonds. The van der Waals surface area contributed by atoms with Crippen molar-refractivity contribution < 1.29 is 0 Å². The van der Waals surface area contributed by atoms with Gasteiger partial charge in [-0.3, -0.25) is 4.98 Å². The molecule has 1 N–H and O–H groups in total. The highest BCUT2D eigenvalue weighted by Gasteiger charge is 1.98. The van der Waals surface area contributed by atoms with Crippen LogP contribution in [0.4, 0.5) is 5.82 Å². The van der Waals surface area contributed by atoms with E-state index in [4.69, 9.17) is 0 Å². The summed E-state index contributed by atoms with van der Waals surface area (Å²) in [5.74, 6) is 1.68. The smallest absolute Gasteiger partial charge is 0.129 e. The van der Waals surface area contributed by atoms with Gasteiger partial charge >= 0.3 is 0 Å². The fraction of sp³-hybridized carbons (Fsp3) is 0.308. The normalized spacial score (nSPS) is 10.2. The van der Waals surface area contributed by atoms with Crippen LogP contribution >= 0.6 is 0 Å². The van der Waals surface area contributed by atoms with Crippen molar-refractivity contribution in [2.45, 2.75) is 20.3 Å². The number of aryl methyl sites for hydroxylation is 2. The molecule has 4 nitrogen and oxygen atoms in total. The number of aromatic nitrogens is 3. The van der Waals surface area contributed by atoms with Gasteiger partial charge in [0.1, 0.15) is 11.6 Å². The largest absolute Gasteiger partial charge is 0.370 e. The third-order valence-corrected chi connectivity index (χ3v) is 2.38. The molecular weight excluding hydrogens is 212 g/mol. The van der Waals surface area contributed by atoms with E-state index < -0.39 is 0 Å². The highest BCUT2D eigenvalue weighted by Crippen LogP contribution is 2.05.